The van der Waals surface area contributed by atoms with E-state index in [0.717, 1.165) is 22.8 Å². The topological polar surface area (TPSA) is 103 Å². The molecule has 0 aromatic heterocycles. The fraction of sp³-hybridized carbons (Fsp3) is 0.483. The fourth-order valence-electron chi connectivity index (χ4n) is 3.11. The van der Waals surface area contributed by atoms with Crippen LogP contribution in [-0.2, 0) is 11.3 Å². The smallest absolute Gasteiger partial charge is 0.321 e. The second-order valence-corrected chi connectivity index (χ2v) is 9.40. The number of carbonyl (C=O) groups excluding carboxylic acids is 2. The first-order chi connectivity index (χ1) is 17.6. The first-order valence-corrected chi connectivity index (χ1v) is 13.0. The third-order valence-electron chi connectivity index (χ3n) is 5.29. The van der Waals surface area contributed by atoms with E-state index in [1.165, 1.54) is 49.8 Å². The summed E-state index contributed by atoms with van der Waals surface area (Å²) in [5.74, 6) is 2.01. The number of guanidine groups is 1. The maximum Gasteiger partial charge on any atom is 0.321 e. The lowest BCUT2D eigenvalue weighted by atomic mass is 9.88. The highest BCUT2D eigenvalue weighted by molar-refractivity contribution is 6.01. The minimum absolute atomic E-state index is 0.0457. The van der Waals surface area contributed by atoms with Gasteiger partial charge in [-0.25, -0.2) is 9.79 Å². The Bertz CT molecular complexity index is 986. The number of rotatable bonds is 6. The van der Waals surface area contributed by atoms with Crippen molar-refractivity contribution < 1.29 is 19.4 Å². The van der Waals surface area contributed by atoms with Crippen LogP contribution in [0.5, 0.6) is 11.5 Å². The molecule has 0 unspecified atom stereocenters. The molecule has 8 nitrogen and oxygen atoms in total. The molecule has 0 spiro atoms. The molecule has 0 radical (unpaired) electrons. The lowest BCUT2D eigenvalue weighted by molar-refractivity contribution is -0.115. The molecule has 0 saturated heterocycles. The van der Waals surface area contributed by atoms with Crippen LogP contribution in [0.3, 0.4) is 0 Å². The second kappa shape index (κ2) is 17.0. The standard InChI is InChI=1S/C21H26N4O4.C5H10.C3H8/c1-14(2)29-19-10-7-17(11-15(19)3)23-20(24-21(28)22-4)25(13-26)12-16-5-8-18(27)9-6-16;1-5-3-2-4-5;1-3-2/h5-11,13-14,27H,12H2,1-4H3,(H2,22,23,24,28);5H,2-4H2,1H3;3H2,1-2H3. The summed E-state index contributed by atoms with van der Waals surface area (Å²) >= 11 is 0. The Kier molecular flexibility index (Phi) is 14.5. The Labute approximate surface area is 222 Å². The number of urea groups is 1. The first kappa shape index (κ1) is 31.5. The molecule has 1 fully saturated rings. The molecule has 37 heavy (non-hydrogen) atoms. The molecule has 2 aromatic rings. The fourth-order valence-corrected chi connectivity index (χ4v) is 3.11. The summed E-state index contributed by atoms with van der Waals surface area (Å²) in [7, 11) is 1.47. The zero-order valence-corrected chi connectivity index (χ0v) is 23.4. The lowest BCUT2D eigenvalue weighted by Gasteiger charge is -2.20. The Morgan fingerprint density at radius 1 is 1.19 bits per heavy atom. The van der Waals surface area contributed by atoms with Crippen LogP contribution in [0.15, 0.2) is 47.5 Å². The predicted octanol–water partition coefficient (Wildman–Crippen LogP) is 6.29. The van der Waals surface area contributed by atoms with Crippen LogP contribution in [0, 0.1) is 12.8 Å². The van der Waals surface area contributed by atoms with E-state index < -0.39 is 6.03 Å². The van der Waals surface area contributed by atoms with Crippen molar-refractivity contribution in [2.24, 2.45) is 10.9 Å². The third kappa shape index (κ3) is 12.3. The van der Waals surface area contributed by atoms with Crippen LogP contribution < -0.4 is 15.4 Å². The summed E-state index contributed by atoms with van der Waals surface area (Å²) < 4.78 is 5.73. The van der Waals surface area contributed by atoms with Gasteiger partial charge in [-0.2, -0.15) is 0 Å². The molecule has 2 aromatic carbocycles. The molecular weight excluding hydrogens is 468 g/mol. The highest BCUT2D eigenvalue weighted by Crippen LogP contribution is 2.25. The van der Waals surface area contributed by atoms with Crippen molar-refractivity contribution in [3.8, 4) is 11.5 Å². The van der Waals surface area contributed by atoms with Gasteiger partial charge in [0.15, 0.2) is 0 Å². The SMILES string of the molecule is CC1CCC1.CCC.CNC(=O)NC(=Nc1ccc(OC(C)C)c(C)c1)N(C=O)Cc1ccc(O)cc1. The van der Waals surface area contributed by atoms with E-state index in [0.29, 0.717) is 12.1 Å². The molecule has 3 amide bonds. The average molecular weight is 513 g/mol. The molecular formula is C29H44N4O4. The highest BCUT2D eigenvalue weighted by Gasteiger charge is 2.15. The van der Waals surface area contributed by atoms with Crippen LogP contribution in [0.1, 0.15) is 71.4 Å². The second-order valence-electron chi connectivity index (χ2n) is 9.40. The number of carbonyl (C=O) groups is 2. The van der Waals surface area contributed by atoms with Crippen molar-refractivity contribution in [3.05, 3.63) is 53.6 Å². The summed E-state index contributed by atoms with van der Waals surface area (Å²) in [6, 6.07) is 11.3. The van der Waals surface area contributed by atoms with Gasteiger partial charge in [-0.05, 0) is 68.1 Å². The largest absolute Gasteiger partial charge is 0.508 e. The number of aliphatic imine (C=N–C) groups is 1. The van der Waals surface area contributed by atoms with Crippen molar-refractivity contribution in [3.63, 3.8) is 0 Å². The van der Waals surface area contributed by atoms with Gasteiger partial charge in [-0.1, -0.05) is 58.6 Å². The predicted molar refractivity (Wildman–Crippen MR) is 150 cm³/mol. The molecule has 3 N–H and O–H groups in total. The Morgan fingerprint density at radius 2 is 1.78 bits per heavy atom. The maximum atomic E-state index is 11.9. The van der Waals surface area contributed by atoms with E-state index in [9.17, 15) is 14.7 Å². The maximum absolute atomic E-state index is 11.9. The third-order valence-corrected chi connectivity index (χ3v) is 5.29. The van der Waals surface area contributed by atoms with Gasteiger partial charge in [0, 0.05) is 7.05 Å². The number of nitrogens with zero attached hydrogens (tertiary/aromatic N) is 2. The monoisotopic (exact) mass is 512 g/mol. The van der Waals surface area contributed by atoms with Crippen LogP contribution in [0.4, 0.5) is 10.5 Å². The molecule has 1 saturated carbocycles. The number of benzene rings is 2. The summed E-state index contributed by atoms with van der Waals surface area (Å²) in [6.45, 7) is 12.5. The van der Waals surface area contributed by atoms with Gasteiger partial charge < -0.3 is 15.2 Å². The number of aryl methyl sites for hydroxylation is 1. The van der Waals surface area contributed by atoms with E-state index >= 15 is 0 Å². The Balaban J connectivity index is 0.000000734. The molecule has 3 rings (SSSR count). The van der Waals surface area contributed by atoms with Gasteiger partial charge in [0.25, 0.3) is 0 Å². The van der Waals surface area contributed by atoms with Crippen molar-refractivity contribution in [2.75, 3.05) is 7.05 Å². The van der Waals surface area contributed by atoms with E-state index in [-0.39, 0.29) is 24.4 Å². The van der Waals surface area contributed by atoms with Crippen LogP contribution in [-0.4, -0.2) is 41.6 Å². The minimum Gasteiger partial charge on any atom is -0.508 e. The van der Waals surface area contributed by atoms with Crippen molar-refractivity contribution in [2.45, 2.75) is 79.9 Å². The van der Waals surface area contributed by atoms with Crippen molar-refractivity contribution in [1.29, 1.82) is 0 Å². The molecule has 0 heterocycles. The van der Waals surface area contributed by atoms with Gasteiger partial charge in [-0.3, -0.25) is 15.0 Å². The van der Waals surface area contributed by atoms with Gasteiger partial charge in [0.2, 0.25) is 12.4 Å². The Morgan fingerprint density at radius 3 is 2.22 bits per heavy atom. The number of aromatic hydroxyl groups is 1. The van der Waals surface area contributed by atoms with E-state index in [4.69, 9.17) is 4.74 Å². The normalized spacial score (nSPS) is 12.7. The molecule has 0 aliphatic heterocycles. The van der Waals surface area contributed by atoms with Crippen LogP contribution in [0.2, 0.25) is 0 Å². The zero-order chi connectivity index (χ0) is 27.8. The van der Waals surface area contributed by atoms with Crippen molar-refractivity contribution in [1.82, 2.24) is 15.5 Å². The number of amides is 3. The molecule has 1 aliphatic carbocycles. The summed E-state index contributed by atoms with van der Waals surface area (Å²) in [5.41, 5.74) is 2.20. The number of phenols is 1. The number of hydrogen-bond donors (Lipinski definition) is 3. The van der Waals surface area contributed by atoms with E-state index in [1.807, 2.05) is 26.8 Å². The van der Waals surface area contributed by atoms with Crippen LogP contribution >= 0.6 is 0 Å². The van der Waals surface area contributed by atoms with Crippen LogP contribution in [0.25, 0.3) is 0 Å². The van der Waals surface area contributed by atoms with Gasteiger partial charge >= 0.3 is 6.03 Å². The van der Waals surface area contributed by atoms with E-state index in [2.05, 4.69) is 36.4 Å². The molecule has 1 aliphatic rings. The molecule has 8 heteroatoms. The number of nitrogens with one attached hydrogen (secondary N) is 2. The molecule has 0 bridgehead atoms. The highest BCUT2D eigenvalue weighted by atomic mass is 16.5. The first-order valence-electron chi connectivity index (χ1n) is 13.0. The number of hydrogen-bond acceptors (Lipinski definition) is 5. The molecule has 204 valence electrons. The number of phenolic OH excluding ortho intramolecular Hbond substituents is 1. The van der Waals surface area contributed by atoms with Gasteiger partial charge in [0.1, 0.15) is 11.5 Å². The Hall–Kier alpha value is -3.55. The summed E-state index contributed by atoms with van der Waals surface area (Å²) in [5, 5.41) is 14.4. The van der Waals surface area contributed by atoms with E-state index in [1.54, 1.807) is 24.3 Å². The lowest BCUT2D eigenvalue weighted by Crippen LogP contribution is -2.46. The number of ether oxygens (including phenoxy) is 1. The quantitative estimate of drug-likeness (QED) is 0.240. The van der Waals surface area contributed by atoms with Gasteiger partial charge in [0.05, 0.1) is 18.3 Å². The molecule has 0 atom stereocenters. The van der Waals surface area contributed by atoms with Gasteiger partial charge in [-0.15, -0.1) is 0 Å². The summed E-state index contributed by atoms with van der Waals surface area (Å²) in [6.07, 6.45) is 6.34. The summed E-state index contributed by atoms with van der Waals surface area (Å²) in [4.78, 5) is 29.3. The average Bonchev–Trinajstić information content (AvgIpc) is 2.84. The minimum atomic E-state index is -0.502. The van der Waals surface area contributed by atoms with Crippen molar-refractivity contribution >= 4 is 24.1 Å². The zero-order valence-electron chi connectivity index (χ0n) is 23.4.